The summed E-state index contributed by atoms with van der Waals surface area (Å²) in [5.41, 5.74) is 1.06. The standard InChI is InChI=1S/C12H13NO5/c1-16-9-5-4-7-8(10(9)17-2)6-13(11(7)14)12(15)18-3/h4-5H,6H2,1-3H3. The zero-order valence-electron chi connectivity index (χ0n) is 10.4. The minimum atomic E-state index is -0.683. The number of hydrogen-bond donors (Lipinski definition) is 0. The van der Waals surface area contributed by atoms with Crippen LogP contribution < -0.4 is 9.47 Å². The van der Waals surface area contributed by atoms with Crippen LogP contribution in [0.25, 0.3) is 0 Å². The van der Waals surface area contributed by atoms with Gasteiger partial charge in [-0.1, -0.05) is 0 Å². The van der Waals surface area contributed by atoms with E-state index in [1.54, 1.807) is 12.1 Å². The van der Waals surface area contributed by atoms with E-state index in [4.69, 9.17) is 9.47 Å². The normalized spacial score (nSPS) is 13.3. The fraction of sp³-hybridized carbons (Fsp3) is 0.333. The Bertz CT molecular complexity index is 511. The number of carbonyl (C=O) groups excluding carboxylic acids is 2. The Morgan fingerprint density at radius 2 is 1.94 bits per heavy atom. The summed E-state index contributed by atoms with van der Waals surface area (Å²) in [6, 6.07) is 3.25. The van der Waals surface area contributed by atoms with Crippen LogP contribution in [0, 0.1) is 0 Å². The topological polar surface area (TPSA) is 65.1 Å². The summed E-state index contributed by atoms with van der Waals surface area (Å²) < 4.78 is 14.9. The molecule has 0 spiro atoms. The summed E-state index contributed by atoms with van der Waals surface area (Å²) >= 11 is 0. The van der Waals surface area contributed by atoms with E-state index in [1.807, 2.05) is 0 Å². The zero-order valence-corrected chi connectivity index (χ0v) is 10.4. The second-order valence-electron chi connectivity index (χ2n) is 3.69. The van der Waals surface area contributed by atoms with Crippen molar-refractivity contribution in [2.24, 2.45) is 0 Å². The van der Waals surface area contributed by atoms with Crippen LogP contribution >= 0.6 is 0 Å². The van der Waals surface area contributed by atoms with Crippen molar-refractivity contribution in [2.45, 2.75) is 6.54 Å². The van der Waals surface area contributed by atoms with Crippen LogP contribution in [0.2, 0.25) is 0 Å². The van der Waals surface area contributed by atoms with E-state index < -0.39 is 12.0 Å². The molecule has 1 aromatic carbocycles. The quantitative estimate of drug-likeness (QED) is 0.795. The van der Waals surface area contributed by atoms with Gasteiger partial charge in [-0.2, -0.15) is 0 Å². The van der Waals surface area contributed by atoms with Gasteiger partial charge < -0.3 is 14.2 Å². The maximum Gasteiger partial charge on any atom is 0.416 e. The van der Waals surface area contributed by atoms with Crippen LogP contribution in [-0.2, 0) is 11.3 Å². The Labute approximate surface area is 104 Å². The number of carbonyl (C=O) groups is 2. The van der Waals surface area contributed by atoms with Crippen molar-refractivity contribution in [3.05, 3.63) is 23.3 Å². The van der Waals surface area contributed by atoms with E-state index in [2.05, 4.69) is 4.74 Å². The monoisotopic (exact) mass is 251 g/mol. The first kappa shape index (κ1) is 12.2. The van der Waals surface area contributed by atoms with Crippen molar-refractivity contribution < 1.29 is 23.8 Å². The second-order valence-corrected chi connectivity index (χ2v) is 3.69. The van der Waals surface area contributed by atoms with Gasteiger partial charge in [0.2, 0.25) is 0 Å². The molecule has 1 aromatic rings. The van der Waals surface area contributed by atoms with Crippen molar-refractivity contribution >= 4 is 12.0 Å². The largest absolute Gasteiger partial charge is 0.493 e. The average Bonchev–Trinajstić information content (AvgIpc) is 2.74. The third-order valence-corrected chi connectivity index (χ3v) is 2.84. The molecule has 0 aliphatic carbocycles. The first-order valence-corrected chi connectivity index (χ1v) is 5.27. The number of nitrogens with zero attached hydrogens (tertiary/aromatic N) is 1. The third kappa shape index (κ3) is 1.66. The molecule has 0 saturated carbocycles. The van der Waals surface area contributed by atoms with Gasteiger partial charge in [0.25, 0.3) is 5.91 Å². The highest BCUT2D eigenvalue weighted by Crippen LogP contribution is 2.38. The van der Waals surface area contributed by atoms with Crippen molar-refractivity contribution in [3.63, 3.8) is 0 Å². The lowest BCUT2D eigenvalue weighted by Gasteiger charge is -2.12. The summed E-state index contributed by atoms with van der Waals surface area (Å²) in [6.07, 6.45) is -0.683. The Morgan fingerprint density at radius 1 is 1.22 bits per heavy atom. The summed E-state index contributed by atoms with van der Waals surface area (Å²) in [4.78, 5) is 24.5. The first-order chi connectivity index (χ1) is 8.63. The minimum Gasteiger partial charge on any atom is -0.493 e. The maximum absolute atomic E-state index is 12.0. The molecular formula is C12H13NO5. The van der Waals surface area contributed by atoms with E-state index in [0.29, 0.717) is 22.6 Å². The molecule has 1 heterocycles. The lowest BCUT2D eigenvalue weighted by Crippen LogP contribution is -2.30. The van der Waals surface area contributed by atoms with Crippen LogP contribution in [0.3, 0.4) is 0 Å². The van der Waals surface area contributed by atoms with Gasteiger partial charge in [-0.15, -0.1) is 0 Å². The van der Waals surface area contributed by atoms with Gasteiger partial charge in [-0.05, 0) is 12.1 Å². The Kier molecular flexibility index (Phi) is 3.10. The molecule has 1 aliphatic heterocycles. The SMILES string of the molecule is COC(=O)N1Cc2c(ccc(OC)c2OC)C1=O. The van der Waals surface area contributed by atoms with Crippen molar-refractivity contribution in [1.29, 1.82) is 0 Å². The molecule has 18 heavy (non-hydrogen) atoms. The van der Waals surface area contributed by atoms with E-state index >= 15 is 0 Å². The predicted molar refractivity (Wildman–Crippen MR) is 61.8 cm³/mol. The van der Waals surface area contributed by atoms with Crippen LogP contribution in [-0.4, -0.2) is 38.2 Å². The zero-order chi connectivity index (χ0) is 13.3. The molecule has 0 fully saturated rings. The van der Waals surface area contributed by atoms with Gasteiger partial charge in [0, 0.05) is 11.1 Å². The highest BCUT2D eigenvalue weighted by Gasteiger charge is 2.35. The van der Waals surface area contributed by atoms with E-state index in [0.717, 1.165) is 4.90 Å². The highest BCUT2D eigenvalue weighted by atomic mass is 16.5. The summed E-state index contributed by atoms with van der Waals surface area (Å²) in [5.74, 6) is 0.600. The highest BCUT2D eigenvalue weighted by molar-refractivity contribution is 6.07. The van der Waals surface area contributed by atoms with Gasteiger partial charge in [0.1, 0.15) is 0 Å². The van der Waals surface area contributed by atoms with Gasteiger partial charge in [0.05, 0.1) is 27.9 Å². The van der Waals surface area contributed by atoms with Crippen LogP contribution in [0.15, 0.2) is 12.1 Å². The molecule has 1 aliphatic rings. The minimum absolute atomic E-state index is 0.126. The number of imide groups is 1. The smallest absolute Gasteiger partial charge is 0.416 e. The molecule has 0 aromatic heterocycles. The summed E-state index contributed by atoms with van der Waals surface area (Å²) in [7, 11) is 4.24. The molecule has 0 unspecified atom stereocenters. The molecule has 0 atom stereocenters. The third-order valence-electron chi connectivity index (χ3n) is 2.84. The number of amides is 2. The molecule has 2 amide bonds. The Hall–Kier alpha value is -2.24. The van der Waals surface area contributed by atoms with E-state index in [-0.39, 0.29) is 6.54 Å². The molecule has 0 saturated heterocycles. The van der Waals surface area contributed by atoms with Gasteiger partial charge in [-0.25, -0.2) is 9.69 Å². The predicted octanol–water partition coefficient (Wildman–Crippen LogP) is 1.43. The lowest BCUT2D eigenvalue weighted by molar-refractivity contribution is 0.0728. The maximum atomic E-state index is 12.0. The van der Waals surface area contributed by atoms with E-state index in [1.165, 1.54) is 21.3 Å². The van der Waals surface area contributed by atoms with E-state index in [9.17, 15) is 9.59 Å². The van der Waals surface area contributed by atoms with Crippen molar-refractivity contribution in [3.8, 4) is 11.5 Å². The lowest BCUT2D eigenvalue weighted by atomic mass is 10.1. The fourth-order valence-electron chi connectivity index (χ4n) is 1.98. The van der Waals surface area contributed by atoms with Crippen molar-refractivity contribution in [2.75, 3.05) is 21.3 Å². The molecule has 96 valence electrons. The summed E-state index contributed by atoms with van der Waals surface area (Å²) in [5, 5.41) is 0. The Morgan fingerprint density at radius 3 is 2.50 bits per heavy atom. The fourth-order valence-corrected chi connectivity index (χ4v) is 1.98. The Balaban J connectivity index is 2.48. The number of rotatable bonds is 2. The number of methoxy groups -OCH3 is 3. The molecular weight excluding hydrogens is 238 g/mol. The second kappa shape index (κ2) is 4.56. The number of hydrogen-bond acceptors (Lipinski definition) is 5. The van der Waals surface area contributed by atoms with Gasteiger partial charge >= 0.3 is 6.09 Å². The van der Waals surface area contributed by atoms with Crippen LogP contribution in [0.4, 0.5) is 4.79 Å². The van der Waals surface area contributed by atoms with Gasteiger partial charge in [-0.3, -0.25) is 4.79 Å². The van der Waals surface area contributed by atoms with Gasteiger partial charge in [0.15, 0.2) is 11.5 Å². The molecule has 6 heteroatoms. The molecule has 0 N–H and O–H groups in total. The molecule has 6 nitrogen and oxygen atoms in total. The molecule has 0 bridgehead atoms. The average molecular weight is 251 g/mol. The number of ether oxygens (including phenoxy) is 3. The molecule has 0 radical (unpaired) electrons. The van der Waals surface area contributed by atoms with Crippen molar-refractivity contribution in [1.82, 2.24) is 4.90 Å². The summed E-state index contributed by atoms with van der Waals surface area (Å²) in [6.45, 7) is 0.126. The first-order valence-electron chi connectivity index (χ1n) is 5.27. The number of fused-ring (bicyclic) bond motifs is 1. The number of benzene rings is 1. The van der Waals surface area contributed by atoms with Crippen LogP contribution in [0.1, 0.15) is 15.9 Å². The van der Waals surface area contributed by atoms with Crippen LogP contribution in [0.5, 0.6) is 11.5 Å². The molecule has 2 rings (SSSR count).